The van der Waals surface area contributed by atoms with Crippen LogP contribution in [-0.4, -0.2) is 46.1 Å². The number of esters is 1. The van der Waals surface area contributed by atoms with Crippen molar-refractivity contribution in [1.29, 1.82) is 0 Å². The maximum Gasteiger partial charge on any atom is 0.302 e. The highest BCUT2D eigenvalue weighted by Crippen LogP contribution is 2.64. The number of Topliss-reactive ketones (excluding diaryl/α,β-unsaturated/α-hetero) is 2. The second kappa shape index (κ2) is 6.23. The first-order chi connectivity index (χ1) is 12.7. The minimum absolute atomic E-state index is 0.0794. The van der Waals surface area contributed by atoms with Crippen LogP contribution in [-0.2, 0) is 23.9 Å². The zero-order valence-electron chi connectivity index (χ0n) is 17.7. The van der Waals surface area contributed by atoms with Gasteiger partial charge in [0, 0.05) is 42.9 Å². The van der Waals surface area contributed by atoms with Gasteiger partial charge in [-0.25, -0.2) is 0 Å². The van der Waals surface area contributed by atoms with Crippen LogP contribution in [0.5, 0.6) is 0 Å². The Labute approximate surface area is 166 Å². The average Bonchev–Trinajstić information content (AvgIpc) is 2.58. The normalized spacial score (nSPS) is 47.7. The van der Waals surface area contributed by atoms with Crippen molar-refractivity contribution in [3.8, 4) is 0 Å². The molecule has 0 bridgehead atoms. The zero-order valence-corrected chi connectivity index (χ0v) is 17.7. The monoisotopic (exact) mass is 392 g/mol. The third-order valence-corrected chi connectivity index (χ3v) is 8.06. The molecule has 0 unspecified atom stereocenters. The van der Waals surface area contributed by atoms with Crippen LogP contribution >= 0.6 is 0 Å². The molecule has 3 rings (SSSR count). The fraction of sp³-hybridized carbons (Fsp3) is 0.773. The quantitative estimate of drug-likeness (QED) is 0.574. The number of ketones is 2. The van der Waals surface area contributed by atoms with E-state index in [9.17, 15) is 19.5 Å². The van der Waals surface area contributed by atoms with Gasteiger partial charge in [-0.1, -0.05) is 33.4 Å². The van der Waals surface area contributed by atoms with Gasteiger partial charge in [-0.3, -0.25) is 14.4 Å². The van der Waals surface area contributed by atoms with Gasteiger partial charge in [0.1, 0.15) is 17.3 Å². The molecule has 1 saturated heterocycles. The Kier molecular flexibility index (Phi) is 4.72. The van der Waals surface area contributed by atoms with E-state index in [0.29, 0.717) is 0 Å². The SMILES string of the molecule is C=C[C@@]1(C)O[C@@]2(C)C(=O)C[C@@H]3C(C)(C)[C@@H](OC(C)=O)C[C@@H](O)[C@@]3(C)[C@@H]2CC1=O. The summed E-state index contributed by atoms with van der Waals surface area (Å²) in [6, 6.07) is 0. The Hall–Kier alpha value is -1.53. The van der Waals surface area contributed by atoms with E-state index >= 15 is 0 Å². The summed E-state index contributed by atoms with van der Waals surface area (Å²) >= 11 is 0. The predicted octanol–water partition coefficient (Wildman–Crippen LogP) is 2.61. The molecule has 1 aliphatic heterocycles. The van der Waals surface area contributed by atoms with E-state index < -0.39 is 46.1 Å². The molecule has 0 aromatic carbocycles. The molecule has 6 nitrogen and oxygen atoms in total. The lowest BCUT2D eigenvalue weighted by Crippen LogP contribution is -2.72. The molecular weight excluding hydrogens is 360 g/mol. The molecule has 0 aromatic heterocycles. The van der Waals surface area contributed by atoms with Crippen molar-refractivity contribution in [2.45, 2.75) is 84.2 Å². The summed E-state index contributed by atoms with van der Waals surface area (Å²) in [5.74, 6) is -1.32. The van der Waals surface area contributed by atoms with E-state index in [2.05, 4.69) is 6.58 Å². The first-order valence-corrected chi connectivity index (χ1v) is 9.99. The Bertz CT molecular complexity index is 741. The van der Waals surface area contributed by atoms with Gasteiger partial charge >= 0.3 is 5.97 Å². The van der Waals surface area contributed by atoms with Gasteiger partial charge in [-0.15, -0.1) is 0 Å². The number of carbonyl (C=O) groups excluding carboxylic acids is 3. The third kappa shape index (κ3) is 2.64. The van der Waals surface area contributed by atoms with Crippen LogP contribution in [0.15, 0.2) is 12.7 Å². The predicted molar refractivity (Wildman–Crippen MR) is 102 cm³/mol. The molecule has 6 heteroatoms. The molecule has 28 heavy (non-hydrogen) atoms. The average molecular weight is 392 g/mol. The Morgan fingerprint density at radius 1 is 1.14 bits per heavy atom. The highest BCUT2D eigenvalue weighted by atomic mass is 16.5. The number of rotatable bonds is 2. The lowest BCUT2D eigenvalue weighted by molar-refractivity contribution is -0.263. The maximum atomic E-state index is 13.3. The summed E-state index contributed by atoms with van der Waals surface area (Å²) < 4.78 is 11.7. The summed E-state index contributed by atoms with van der Waals surface area (Å²) in [7, 11) is 0. The first-order valence-electron chi connectivity index (χ1n) is 9.99. The minimum Gasteiger partial charge on any atom is -0.462 e. The molecule has 2 saturated carbocycles. The molecule has 7 atom stereocenters. The molecule has 0 amide bonds. The van der Waals surface area contributed by atoms with Crippen molar-refractivity contribution in [2.75, 3.05) is 0 Å². The van der Waals surface area contributed by atoms with Crippen molar-refractivity contribution in [2.24, 2.45) is 22.7 Å². The fourth-order valence-electron chi connectivity index (χ4n) is 6.14. The lowest BCUT2D eigenvalue weighted by atomic mass is 9.42. The standard InChI is InChI=1S/C22H32O6/c1-8-20(5)15(24)10-14-21(6)13(9-17(26)22(14,7)28-20)19(3,4)18(11-16(21)25)27-12(2)23/h8,13-14,16,18,25H,1,9-11H2,2-7H3/t13-,14+,16-,18+,20-,21-,22-/m1/s1. The van der Waals surface area contributed by atoms with Crippen LogP contribution in [0.25, 0.3) is 0 Å². The summed E-state index contributed by atoms with van der Waals surface area (Å²) in [6.45, 7) is 14.4. The lowest BCUT2D eigenvalue weighted by Gasteiger charge is -2.65. The molecule has 0 aromatic rings. The maximum absolute atomic E-state index is 13.3. The number of hydrogen-bond acceptors (Lipinski definition) is 6. The largest absolute Gasteiger partial charge is 0.462 e. The smallest absolute Gasteiger partial charge is 0.302 e. The topological polar surface area (TPSA) is 89.9 Å². The van der Waals surface area contributed by atoms with Crippen LogP contribution in [0.1, 0.15) is 60.8 Å². The second-order valence-corrected chi connectivity index (χ2v) is 9.92. The molecule has 1 N–H and O–H groups in total. The van der Waals surface area contributed by atoms with Crippen LogP contribution < -0.4 is 0 Å². The molecule has 156 valence electrons. The van der Waals surface area contributed by atoms with Gasteiger partial charge in [-0.2, -0.15) is 0 Å². The number of fused-ring (bicyclic) bond motifs is 3. The van der Waals surface area contributed by atoms with E-state index in [-0.39, 0.29) is 36.7 Å². The molecule has 0 radical (unpaired) electrons. The highest BCUT2D eigenvalue weighted by molar-refractivity contribution is 5.96. The minimum atomic E-state index is -1.21. The number of aliphatic hydroxyl groups excluding tert-OH is 1. The van der Waals surface area contributed by atoms with E-state index in [1.807, 2.05) is 20.8 Å². The van der Waals surface area contributed by atoms with Gasteiger partial charge in [0.05, 0.1) is 6.10 Å². The Morgan fingerprint density at radius 2 is 1.71 bits per heavy atom. The van der Waals surface area contributed by atoms with Crippen molar-refractivity contribution >= 4 is 17.5 Å². The molecule has 3 fully saturated rings. The van der Waals surface area contributed by atoms with Crippen molar-refractivity contribution in [3.63, 3.8) is 0 Å². The number of carbonyl (C=O) groups is 3. The zero-order chi connectivity index (χ0) is 21.3. The molecule has 2 aliphatic carbocycles. The van der Waals surface area contributed by atoms with Crippen molar-refractivity contribution in [1.82, 2.24) is 0 Å². The Balaban J connectivity index is 2.09. The van der Waals surface area contributed by atoms with Crippen LogP contribution in [0.3, 0.4) is 0 Å². The van der Waals surface area contributed by atoms with Gasteiger partial charge in [0.25, 0.3) is 0 Å². The highest BCUT2D eigenvalue weighted by Gasteiger charge is 2.70. The van der Waals surface area contributed by atoms with Crippen molar-refractivity contribution < 1.29 is 29.0 Å². The van der Waals surface area contributed by atoms with E-state index in [1.165, 1.54) is 13.0 Å². The molecule has 0 spiro atoms. The van der Waals surface area contributed by atoms with E-state index in [1.54, 1.807) is 13.8 Å². The second-order valence-electron chi connectivity index (χ2n) is 9.92. The van der Waals surface area contributed by atoms with Gasteiger partial charge in [-0.05, 0) is 19.8 Å². The third-order valence-electron chi connectivity index (χ3n) is 8.06. The summed E-state index contributed by atoms with van der Waals surface area (Å²) in [5.41, 5.74) is -3.63. The molecular formula is C22H32O6. The summed E-state index contributed by atoms with van der Waals surface area (Å²) in [4.78, 5) is 37.8. The van der Waals surface area contributed by atoms with E-state index in [4.69, 9.17) is 9.47 Å². The fourth-order valence-corrected chi connectivity index (χ4v) is 6.14. The van der Waals surface area contributed by atoms with Gasteiger partial charge < -0.3 is 14.6 Å². The van der Waals surface area contributed by atoms with E-state index in [0.717, 1.165) is 0 Å². The van der Waals surface area contributed by atoms with Crippen molar-refractivity contribution in [3.05, 3.63) is 12.7 Å². The summed E-state index contributed by atoms with van der Waals surface area (Å²) in [5, 5.41) is 11.2. The van der Waals surface area contributed by atoms with Crippen LogP contribution in [0.4, 0.5) is 0 Å². The first kappa shape index (κ1) is 21.2. The number of hydrogen-bond donors (Lipinski definition) is 1. The van der Waals surface area contributed by atoms with Crippen LogP contribution in [0, 0.1) is 22.7 Å². The van der Waals surface area contributed by atoms with Gasteiger partial charge in [0.15, 0.2) is 11.6 Å². The molecule has 3 aliphatic rings. The number of ether oxygens (including phenoxy) is 2. The Morgan fingerprint density at radius 3 is 2.25 bits per heavy atom. The van der Waals surface area contributed by atoms with Crippen LogP contribution in [0.2, 0.25) is 0 Å². The molecule has 1 heterocycles. The van der Waals surface area contributed by atoms with Gasteiger partial charge in [0.2, 0.25) is 0 Å². The summed E-state index contributed by atoms with van der Waals surface area (Å²) in [6.07, 6.45) is 0.755. The number of aliphatic hydroxyl groups is 1.